The summed E-state index contributed by atoms with van der Waals surface area (Å²) in [6.07, 6.45) is 3.23. The summed E-state index contributed by atoms with van der Waals surface area (Å²) in [5.41, 5.74) is 1.41. The standard InChI is InChI=1S/C14H21BrO3S/c1-14(2,9-3-4-10-19(16,17)18)11-12-5-7-13(15)8-6-12/h5-8H,3-4,9-11H2,1-2H3,(H,16,17,18). The highest BCUT2D eigenvalue weighted by atomic mass is 79.9. The van der Waals surface area contributed by atoms with Gasteiger partial charge in [-0.15, -0.1) is 0 Å². The molecule has 0 spiro atoms. The maximum Gasteiger partial charge on any atom is 0.264 e. The van der Waals surface area contributed by atoms with E-state index in [2.05, 4.69) is 41.9 Å². The highest BCUT2D eigenvalue weighted by Crippen LogP contribution is 2.28. The van der Waals surface area contributed by atoms with Crippen LogP contribution in [0.25, 0.3) is 0 Å². The van der Waals surface area contributed by atoms with Crippen LogP contribution < -0.4 is 0 Å². The SMILES string of the molecule is CC(C)(CCCCS(=O)(=O)O)Cc1ccc(Br)cc1. The van der Waals surface area contributed by atoms with E-state index in [1.54, 1.807) is 0 Å². The normalized spacial score (nSPS) is 12.6. The second kappa shape index (κ2) is 6.86. The van der Waals surface area contributed by atoms with Gasteiger partial charge in [0.15, 0.2) is 0 Å². The van der Waals surface area contributed by atoms with Gasteiger partial charge in [0.1, 0.15) is 0 Å². The van der Waals surface area contributed by atoms with Crippen molar-refractivity contribution in [2.75, 3.05) is 5.75 Å². The molecule has 0 bridgehead atoms. The summed E-state index contributed by atoms with van der Waals surface area (Å²) in [5, 5.41) is 0. The lowest BCUT2D eigenvalue weighted by Crippen LogP contribution is -2.15. The van der Waals surface area contributed by atoms with E-state index in [0.717, 1.165) is 23.7 Å². The number of rotatable bonds is 7. The number of halogens is 1. The van der Waals surface area contributed by atoms with Crippen LogP contribution in [0.3, 0.4) is 0 Å². The molecule has 0 radical (unpaired) electrons. The zero-order valence-electron chi connectivity index (χ0n) is 11.4. The number of benzene rings is 1. The molecule has 1 aromatic rings. The molecular weight excluding hydrogens is 328 g/mol. The number of unbranched alkanes of at least 4 members (excludes halogenated alkanes) is 1. The molecule has 0 unspecified atom stereocenters. The van der Waals surface area contributed by atoms with Crippen molar-refractivity contribution in [3.05, 3.63) is 34.3 Å². The smallest absolute Gasteiger partial charge is 0.264 e. The maximum absolute atomic E-state index is 10.6. The van der Waals surface area contributed by atoms with Crippen LogP contribution in [0.1, 0.15) is 38.7 Å². The second-order valence-electron chi connectivity index (χ2n) is 5.71. The summed E-state index contributed by atoms with van der Waals surface area (Å²) >= 11 is 3.41. The summed E-state index contributed by atoms with van der Waals surface area (Å²) in [7, 11) is -3.81. The van der Waals surface area contributed by atoms with Crippen LogP contribution in [0.4, 0.5) is 0 Å². The lowest BCUT2D eigenvalue weighted by Gasteiger charge is -2.24. The molecule has 0 atom stereocenters. The number of hydrogen-bond donors (Lipinski definition) is 1. The number of hydrogen-bond acceptors (Lipinski definition) is 2. The van der Waals surface area contributed by atoms with Gasteiger partial charge in [-0.3, -0.25) is 4.55 Å². The molecule has 19 heavy (non-hydrogen) atoms. The highest BCUT2D eigenvalue weighted by molar-refractivity contribution is 9.10. The first-order chi connectivity index (χ1) is 8.68. The van der Waals surface area contributed by atoms with E-state index in [9.17, 15) is 8.42 Å². The quantitative estimate of drug-likeness (QED) is 0.596. The van der Waals surface area contributed by atoms with Crippen molar-refractivity contribution < 1.29 is 13.0 Å². The van der Waals surface area contributed by atoms with Crippen molar-refractivity contribution in [2.45, 2.75) is 39.5 Å². The molecule has 0 aliphatic carbocycles. The van der Waals surface area contributed by atoms with Gasteiger partial charge in [0.25, 0.3) is 10.1 Å². The Bertz CT molecular complexity index is 492. The molecule has 0 aliphatic rings. The molecule has 0 aromatic heterocycles. The van der Waals surface area contributed by atoms with Crippen molar-refractivity contribution in [1.82, 2.24) is 0 Å². The lowest BCUT2D eigenvalue weighted by atomic mass is 9.81. The van der Waals surface area contributed by atoms with Crippen LogP contribution in [0.15, 0.2) is 28.7 Å². The predicted octanol–water partition coefficient (Wildman–Crippen LogP) is 4.08. The van der Waals surface area contributed by atoms with E-state index < -0.39 is 10.1 Å². The molecule has 0 aliphatic heterocycles. The third-order valence-electron chi connectivity index (χ3n) is 3.10. The second-order valence-corrected chi connectivity index (χ2v) is 8.20. The van der Waals surface area contributed by atoms with Gasteiger partial charge < -0.3 is 0 Å². The Morgan fingerprint density at radius 3 is 2.26 bits per heavy atom. The van der Waals surface area contributed by atoms with Crippen molar-refractivity contribution in [1.29, 1.82) is 0 Å². The first-order valence-electron chi connectivity index (χ1n) is 6.38. The fraction of sp³-hybridized carbons (Fsp3) is 0.571. The third-order valence-corrected chi connectivity index (χ3v) is 4.44. The Kier molecular flexibility index (Phi) is 6.02. The summed E-state index contributed by atoms with van der Waals surface area (Å²) < 4.78 is 31.0. The Morgan fingerprint density at radius 2 is 1.74 bits per heavy atom. The summed E-state index contributed by atoms with van der Waals surface area (Å²) in [4.78, 5) is 0. The highest BCUT2D eigenvalue weighted by Gasteiger charge is 2.18. The van der Waals surface area contributed by atoms with Gasteiger partial charge in [-0.25, -0.2) is 0 Å². The van der Waals surface area contributed by atoms with E-state index in [1.807, 2.05) is 12.1 Å². The van der Waals surface area contributed by atoms with Crippen LogP contribution in [-0.4, -0.2) is 18.7 Å². The van der Waals surface area contributed by atoms with Gasteiger partial charge in [0.05, 0.1) is 5.75 Å². The van der Waals surface area contributed by atoms with Crippen molar-refractivity contribution >= 4 is 26.0 Å². The first-order valence-corrected chi connectivity index (χ1v) is 8.78. The Balaban J connectivity index is 2.41. The van der Waals surface area contributed by atoms with E-state index in [4.69, 9.17) is 4.55 Å². The van der Waals surface area contributed by atoms with Crippen LogP contribution in [-0.2, 0) is 16.5 Å². The van der Waals surface area contributed by atoms with Crippen LogP contribution in [0.2, 0.25) is 0 Å². The monoisotopic (exact) mass is 348 g/mol. The molecule has 3 nitrogen and oxygen atoms in total. The van der Waals surface area contributed by atoms with Gasteiger partial charge in [-0.1, -0.05) is 48.3 Å². The van der Waals surface area contributed by atoms with Crippen molar-refractivity contribution in [3.63, 3.8) is 0 Å². The minimum atomic E-state index is -3.81. The molecule has 0 fully saturated rings. The Labute approximate surface area is 124 Å². The zero-order chi connectivity index (χ0) is 14.5. The minimum absolute atomic E-state index is 0.132. The van der Waals surface area contributed by atoms with E-state index in [1.165, 1.54) is 5.56 Å². The zero-order valence-corrected chi connectivity index (χ0v) is 13.8. The molecule has 5 heteroatoms. The lowest BCUT2D eigenvalue weighted by molar-refractivity contribution is 0.321. The van der Waals surface area contributed by atoms with Gasteiger partial charge >= 0.3 is 0 Å². The van der Waals surface area contributed by atoms with Crippen molar-refractivity contribution in [2.24, 2.45) is 5.41 Å². The Hall–Kier alpha value is -0.390. The van der Waals surface area contributed by atoms with E-state index in [0.29, 0.717) is 6.42 Å². The first kappa shape index (κ1) is 16.7. The van der Waals surface area contributed by atoms with E-state index >= 15 is 0 Å². The maximum atomic E-state index is 10.6. The molecule has 1 rings (SSSR count). The summed E-state index contributed by atoms with van der Waals surface area (Å²) in [5.74, 6) is -0.138. The molecular formula is C14H21BrO3S. The minimum Gasteiger partial charge on any atom is -0.286 e. The van der Waals surface area contributed by atoms with Gasteiger partial charge in [-0.05, 0) is 42.4 Å². The molecule has 0 amide bonds. The van der Waals surface area contributed by atoms with Crippen LogP contribution in [0, 0.1) is 5.41 Å². The molecule has 108 valence electrons. The van der Waals surface area contributed by atoms with Gasteiger partial charge in [0.2, 0.25) is 0 Å². The van der Waals surface area contributed by atoms with Crippen LogP contribution in [0.5, 0.6) is 0 Å². The molecule has 0 heterocycles. The molecule has 1 aromatic carbocycles. The average molecular weight is 349 g/mol. The fourth-order valence-electron chi connectivity index (χ4n) is 2.13. The third kappa shape index (κ3) is 7.70. The predicted molar refractivity (Wildman–Crippen MR) is 81.9 cm³/mol. The molecule has 1 N–H and O–H groups in total. The van der Waals surface area contributed by atoms with Crippen molar-refractivity contribution in [3.8, 4) is 0 Å². The van der Waals surface area contributed by atoms with Gasteiger partial charge in [0, 0.05) is 4.47 Å². The summed E-state index contributed by atoms with van der Waals surface area (Å²) in [6.45, 7) is 4.37. The van der Waals surface area contributed by atoms with Crippen LogP contribution >= 0.6 is 15.9 Å². The Morgan fingerprint density at radius 1 is 1.16 bits per heavy atom. The van der Waals surface area contributed by atoms with Gasteiger partial charge in [-0.2, -0.15) is 8.42 Å². The molecule has 0 saturated heterocycles. The topological polar surface area (TPSA) is 54.4 Å². The average Bonchev–Trinajstić information content (AvgIpc) is 2.26. The fourth-order valence-corrected chi connectivity index (χ4v) is 2.96. The summed E-state index contributed by atoms with van der Waals surface area (Å²) in [6, 6.07) is 8.27. The molecule has 0 saturated carbocycles. The van der Waals surface area contributed by atoms with E-state index in [-0.39, 0.29) is 11.2 Å². The largest absolute Gasteiger partial charge is 0.286 e.